The van der Waals surface area contributed by atoms with E-state index in [9.17, 15) is 4.79 Å². The number of hydrogen-bond donors (Lipinski definition) is 1. The van der Waals surface area contributed by atoms with Gasteiger partial charge in [-0.1, -0.05) is 19.0 Å². The first kappa shape index (κ1) is 14.4. The molecule has 5 heteroatoms. The molecule has 0 unspecified atom stereocenters. The molecule has 0 aromatic rings. The minimum absolute atomic E-state index is 0.0842. The van der Waals surface area contributed by atoms with E-state index in [0.29, 0.717) is 6.61 Å². The van der Waals surface area contributed by atoms with Gasteiger partial charge >= 0.3 is 5.97 Å². The lowest BCUT2D eigenvalue weighted by atomic mass is 10.4. The van der Waals surface area contributed by atoms with Crippen LogP contribution >= 0.6 is 0 Å². The van der Waals surface area contributed by atoms with Crippen LogP contribution in [0.3, 0.4) is 0 Å². The van der Waals surface area contributed by atoms with Crippen LogP contribution in [0.4, 0.5) is 0 Å². The molecule has 0 saturated carbocycles. The Bertz CT molecular complexity index is 156. The lowest BCUT2D eigenvalue weighted by Crippen LogP contribution is -2.14. The number of hydrogen-bond acceptors (Lipinski definition) is 5. The van der Waals surface area contributed by atoms with Gasteiger partial charge in [-0.05, 0) is 13.8 Å². The van der Waals surface area contributed by atoms with Gasteiger partial charge in [-0.3, -0.25) is 0 Å². The summed E-state index contributed by atoms with van der Waals surface area (Å²) in [5.41, 5.74) is 0.0842. The summed E-state index contributed by atoms with van der Waals surface area (Å²) in [5.74, 6) is -0.541. The molecule has 0 amide bonds. The SMILES string of the molecule is CC.CCOC(=O)/C(C)=N\OCO. The van der Waals surface area contributed by atoms with Crippen molar-refractivity contribution in [1.82, 2.24) is 0 Å². The van der Waals surface area contributed by atoms with Crippen LogP contribution < -0.4 is 0 Å². The van der Waals surface area contributed by atoms with Crippen molar-refractivity contribution in [3.63, 3.8) is 0 Å². The van der Waals surface area contributed by atoms with E-state index in [0.717, 1.165) is 0 Å². The van der Waals surface area contributed by atoms with E-state index in [2.05, 4.69) is 14.7 Å². The third kappa shape index (κ3) is 8.81. The molecule has 0 aromatic heterocycles. The molecular weight excluding hydrogens is 174 g/mol. The van der Waals surface area contributed by atoms with Gasteiger partial charge in [-0.2, -0.15) is 0 Å². The highest BCUT2D eigenvalue weighted by Gasteiger charge is 2.05. The summed E-state index contributed by atoms with van der Waals surface area (Å²) in [6.07, 6.45) is 0. The molecule has 0 aliphatic carbocycles. The predicted octanol–water partition coefficient (Wildman–Crippen LogP) is 0.918. The summed E-state index contributed by atoms with van der Waals surface area (Å²) >= 11 is 0. The summed E-state index contributed by atoms with van der Waals surface area (Å²) in [5, 5.41) is 11.4. The van der Waals surface area contributed by atoms with E-state index in [-0.39, 0.29) is 5.71 Å². The number of carbonyl (C=O) groups excluding carboxylic acids is 1. The molecule has 0 aromatic carbocycles. The smallest absolute Gasteiger partial charge is 0.355 e. The molecule has 0 rings (SSSR count). The molecule has 0 radical (unpaired) electrons. The Morgan fingerprint density at radius 1 is 1.46 bits per heavy atom. The fourth-order valence-electron chi connectivity index (χ4n) is 0.398. The molecule has 5 nitrogen and oxygen atoms in total. The number of rotatable bonds is 4. The summed E-state index contributed by atoms with van der Waals surface area (Å²) in [7, 11) is 0. The number of esters is 1. The number of aliphatic hydroxyl groups excluding tert-OH is 1. The zero-order chi connectivity index (χ0) is 10.7. The van der Waals surface area contributed by atoms with Crippen molar-refractivity contribution in [2.45, 2.75) is 27.7 Å². The van der Waals surface area contributed by atoms with Gasteiger partial charge in [0, 0.05) is 0 Å². The fourth-order valence-corrected chi connectivity index (χ4v) is 0.398. The predicted molar refractivity (Wildman–Crippen MR) is 49.3 cm³/mol. The van der Waals surface area contributed by atoms with Crippen molar-refractivity contribution >= 4 is 11.7 Å². The highest BCUT2D eigenvalue weighted by molar-refractivity contribution is 6.35. The van der Waals surface area contributed by atoms with Gasteiger partial charge in [0.25, 0.3) is 0 Å². The molecule has 0 bridgehead atoms. The van der Waals surface area contributed by atoms with Gasteiger partial charge in [0.1, 0.15) is 0 Å². The van der Waals surface area contributed by atoms with Crippen molar-refractivity contribution < 1.29 is 19.5 Å². The van der Waals surface area contributed by atoms with Gasteiger partial charge in [0.15, 0.2) is 5.71 Å². The van der Waals surface area contributed by atoms with E-state index >= 15 is 0 Å². The van der Waals surface area contributed by atoms with Gasteiger partial charge in [-0.15, -0.1) is 0 Å². The van der Waals surface area contributed by atoms with Crippen LogP contribution in [-0.4, -0.2) is 30.2 Å². The molecule has 0 atom stereocenters. The Labute approximate surface area is 78.3 Å². The Morgan fingerprint density at radius 3 is 2.38 bits per heavy atom. The largest absolute Gasteiger partial charge is 0.461 e. The maximum absolute atomic E-state index is 10.7. The lowest BCUT2D eigenvalue weighted by molar-refractivity contribution is -0.135. The number of aliphatic hydroxyl groups is 1. The molecule has 0 saturated heterocycles. The highest BCUT2D eigenvalue weighted by atomic mass is 16.7. The Kier molecular flexibility index (Phi) is 12.1. The number of nitrogens with zero attached hydrogens (tertiary/aromatic N) is 1. The molecule has 0 aliphatic rings. The first-order valence-corrected chi connectivity index (χ1v) is 4.17. The van der Waals surface area contributed by atoms with Crippen molar-refractivity contribution in [2.24, 2.45) is 5.16 Å². The molecule has 78 valence electrons. The number of carbonyl (C=O) groups is 1. The molecule has 13 heavy (non-hydrogen) atoms. The van der Waals surface area contributed by atoms with Crippen LogP contribution in [-0.2, 0) is 14.4 Å². The minimum Gasteiger partial charge on any atom is -0.461 e. The van der Waals surface area contributed by atoms with E-state index in [1.165, 1.54) is 6.92 Å². The van der Waals surface area contributed by atoms with Crippen LogP contribution in [0.2, 0.25) is 0 Å². The third-order valence-electron chi connectivity index (χ3n) is 0.830. The van der Waals surface area contributed by atoms with Crippen LogP contribution in [0, 0.1) is 0 Å². The zero-order valence-corrected chi connectivity index (χ0v) is 8.53. The summed E-state index contributed by atoms with van der Waals surface area (Å²) in [6, 6.07) is 0. The molecule has 0 spiro atoms. The first-order chi connectivity index (χ1) is 6.22. The topological polar surface area (TPSA) is 68.1 Å². The third-order valence-corrected chi connectivity index (χ3v) is 0.830. The van der Waals surface area contributed by atoms with Crippen molar-refractivity contribution in [3.05, 3.63) is 0 Å². The monoisotopic (exact) mass is 191 g/mol. The minimum atomic E-state index is -0.545. The van der Waals surface area contributed by atoms with Gasteiger partial charge in [0.2, 0.25) is 6.79 Å². The Balaban J connectivity index is 0. The van der Waals surface area contributed by atoms with Crippen molar-refractivity contribution in [2.75, 3.05) is 13.4 Å². The lowest BCUT2D eigenvalue weighted by Gasteiger charge is -1.99. The molecule has 0 aliphatic heterocycles. The number of ether oxygens (including phenoxy) is 1. The average molecular weight is 191 g/mol. The number of oxime groups is 1. The Morgan fingerprint density at radius 2 is 2.00 bits per heavy atom. The zero-order valence-electron chi connectivity index (χ0n) is 8.53. The normalized spacial score (nSPS) is 9.77. The van der Waals surface area contributed by atoms with Gasteiger partial charge in [0.05, 0.1) is 6.61 Å². The standard InChI is InChI=1S/C6H11NO4.C2H6/c1-3-10-6(9)5(2)7-11-4-8;1-2/h8H,3-4H2,1-2H3;1-2H3/b7-5-;. The molecule has 1 N–H and O–H groups in total. The quantitative estimate of drug-likeness (QED) is 0.310. The second-order valence-corrected chi connectivity index (χ2v) is 1.66. The molecular formula is C8H17NO4. The van der Waals surface area contributed by atoms with Crippen LogP contribution in [0.1, 0.15) is 27.7 Å². The second-order valence-electron chi connectivity index (χ2n) is 1.66. The van der Waals surface area contributed by atoms with E-state index in [4.69, 9.17) is 5.11 Å². The van der Waals surface area contributed by atoms with Crippen LogP contribution in [0.15, 0.2) is 5.16 Å². The Hall–Kier alpha value is -1.10. The van der Waals surface area contributed by atoms with Crippen molar-refractivity contribution in [3.8, 4) is 0 Å². The summed E-state index contributed by atoms with van der Waals surface area (Å²) in [6.45, 7) is 6.88. The van der Waals surface area contributed by atoms with E-state index < -0.39 is 12.8 Å². The summed E-state index contributed by atoms with van der Waals surface area (Å²) < 4.78 is 4.57. The first-order valence-electron chi connectivity index (χ1n) is 4.17. The summed E-state index contributed by atoms with van der Waals surface area (Å²) in [4.78, 5) is 14.9. The van der Waals surface area contributed by atoms with Crippen LogP contribution in [0.5, 0.6) is 0 Å². The van der Waals surface area contributed by atoms with Crippen molar-refractivity contribution in [1.29, 1.82) is 0 Å². The molecule has 0 heterocycles. The van der Waals surface area contributed by atoms with Gasteiger partial charge in [-0.25, -0.2) is 4.79 Å². The van der Waals surface area contributed by atoms with Crippen LogP contribution in [0.25, 0.3) is 0 Å². The maximum Gasteiger partial charge on any atom is 0.355 e. The average Bonchev–Trinajstić information content (AvgIpc) is 2.17. The van der Waals surface area contributed by atoms with E-state index in [1.54, 1.807) is 6.92 Å². The fraction of sp³-hybridized carbons (Fsp3) is 0.750. The maximum atomic E-state index is 10.7. The van der Waals surface area contributed by atoms with Gasteiger partial charge < -0.3 is 14.7 Å². The highest BCUT2D eigenvalue weighted by Crippen LogP contribution is 1.85. The molecule has 0 fully saturated rings. The van der Waals surface area contributed by atoms with E-state index in [1.807, 2.05) is 13.8 Å². The second kappa shape index (κ2) is 10.9.